The van der Waals surface area contributed by atoms with Gasteiger partial charge in [0.2, 0.25) is 0 Å². The van der Waals surface area contributed by atoms with Gasteiger partial charge in [-0.15, -0.1) is 35.3 Å². The normalized spacial score (nSPS) is 22.1. The summed E-state index contributed by atoms with van der Waals surface area (Å²) in [4.78, 5) is 10.5. The quantitative estimate of drug-likeness (QED) is 0.426. The Labute approximate surface area is 155 Å². The maximum atomic E-state index is 4.74. The molecule has 2 unspecified atom stereocenters. The molecule has 0 saturated heterocycles. The zero-order valence-corrected chi connectivity index (χ0v) is 17.3. The molecule has 0 bridgehead atoms. The van der Waals surface area contributed by atoms with E-state index in [9.17, 15) is 0 Å². The molecule has 1 aliphatic carbocycles. The third kappa shape index (κ3) is 6.02. The molecule has 1 aliphatic rings. The van der Waals surface area contributed by atoms with E-state index in [0.717, 1.165) is 35.7 Å². The molecule has 1 fully saturated rings. The Balaban J connectivity index is 0.00000242. The maximum absolute atomic E-state index is 4.74. The number of aromatic nitrogens is 1. The molecule has 0 aromatic carbocycles. The van der Waals surface area contributed by atoms with Crippen LogP contribution in [0.1, 0.15) is 55.1 Å². The number of guanidine groups is 1. The Kier molecular flexibility index (Phi) is 8.67. The lowest BCUT2D eigenvalue weighted by Crippen LogP contribution is -2.45. The van der Waals surface area contributed by atoms with Crippen LogP contribution in [0.5, 0.6) is 0 Å². The fourth-order valence-electron chi connectivity index (χ4n) is 2.95. The number of nitrogens with zero attached hydrogens (tertiary/aromatic N) is 2. The van der Waals surface area contributed by atoms with E-state index < -0.39 is 0 Å². The van der Waals surface area contributed by atoms with Crippen LogP contribution in [0.4, 0.5) is 0 Å². The van der Waals surface area contributed by atoms with Gasteiger partial charge in [-0.3, -0.25) is 0 Å². The first kappa shape index (κ1) is 19.7. The molecule has 1 heterocycles. The largest absolute Gasteiger partial charge is 0.357 e. The second-order valence-corrected chi connectivity index (χ2v) is 7.34. The van der Waals surface area contributed by atoms with E-state index in [1.165, 1.54) is 30.6 Å². The van der Waals surface area contributed by atoms with E-state index in [2.05, 4.69) is 43.3 Å². The third-order valence-electron chi connectivity index (χ3n) is 4.00. The number of aryl methyl sites for hydroxylation is 2. The minimum atomic E-state index is 0. The Morgan fingerprint density at radius 2 is 2.14 bits per heavy atom. The molecule has 1 aromatic rings. The number of hydrogen-bond donors (Lipinski definition) is 2. The highest BCUT2D eigenvalue weighted by atomic mass is 127. The molecule has 1 aromatic heterocycles. The minimum absolute atomic E-state index is 0. The van der Waals surface area contributed by atoms with Crippen LogP contribution in [0, 0.1) is 19.8 Å². The molecule has 4 nitrogen and oxygen atoms in total. The fourth-order valence-corrected chi connectivity index (χ4v) is 3.81. The smallest absolute Gasteiger partial charge is 0.191 e. The molecule has 0 spiro atoms. The van der Waals surface area contributed by atoms with Crippen molar-refractivity contribution in [2.75, 3.05) is 6.54 Å². The van der Waals surface area contributed by atoms with Gasteiger partial charge in [-0.1, -0.05) is 19.8 Å². The van der Waals surface area contributed by atoms with Crippen LogP contribution in [0.2, 0.25) is 0 Å². The summed E-state index contributed by atoms with van der Waals surface area (Å²) in [6.45, 7) is 10.2. The number of thiazole rings is 1. The lowest BCUT2D eigenvalue weighted by atomic mass is 9.87. The second-order valence-electron chi connectivity index (χ2n) is 6.05. The predicted molar refractivity (Wildman–Crippen MR) is 106 cm³/mol. The molecule has 22 heavy (non-hydrogen) atoms. The van der Waals surface area contributed by atoms with Crippen LogP contribution in [-0.2, 0) is 6.54 Å². The van der Waals surface area contributed by atoms with Gasteiger partial charge >= 0.3 is 0 Å². The molecule has 0 radical (unpaired) electrons. The van der Waals surface area contributed by atoms with Crippen molar-refractivity contribution in [1.29, 1.82) is 0 Å². The molecule has 2 atom stereocenters. The van der Waals surface area contributed by atoms with Gasteiger partial charge in [0.1, 0.15) is 0 Å². The molecular weight excluding hydrogens is 407 g/mol. The van der Waals surface area contributed by atoms with E-state index >= 15 is 0 Å². The van der Waals surface area contributed by atoms with Crippen LogP contribution >= 0.6 is 35.3 Å². The third-order valence-corrected chi connectivity index (χ3v) is 5.06. The van der Waals surface area contributed by atoms with Crippen molar-refractivity contribution in [3.63, 3.8) is 0 Å². The first-order valence-corrected chi connectivity index (χ1v) is 8.88. The van der Waals surface area contributed by atoms with E-state index in [0.29, 0.717) is 6.04 Å². The van der Waals surface area contributed by atoms with Crippen molar-refractivity contribution < 1.29 is 0 Å². The highest BCUT2D eigenvalue weighted by Gasteiger charge is 2.19. The van der Waals surface area contributed by atoms with E-state index in [1.54, 1.807) is 11.3 Å². The molecule has 126 valence electrons. The summed E-state index contributed by atoms with van der Waals surface area (Å²) in [7, 11) is 0. The summed E-state index contributed by atoms with van der Waals surface area (Å²) < 4.78 is 0. The van der Waals surface area contributed by atoms with Crippen LogP contribution in [0.15, 0.2) is 4.99 Å². The highest BCUT2D eigenvalue weighted by molar-refractivity contribution is 14.0. The lowest BCUT2D eigenvalue weighted by Gasteiger charge is -2.28. The Bertz CT molecular complexity index is 486. The average molecular weight is 436 g/mol. The Morgan fingerprint density at radius 1 is 1.36 bits per heavy atom. The van der Waals surface area contributed by atoms with Crippen molar-refractivity contribution in [2.45, 2.75) is 66.0 Å². The SMILES string of the molecule is CCNC(=NCc1sc(C)nc1C)NC1CCCC(C)C1.I. The minimum Gasteiger partial charge on any atom is -0.357 e. The first-order chi connectivity index (χ1) is 10.1. The van der Waals surface area contributed by atoms with Gasteiger partial charge in [-0.25, -0.2) is 9.98 Å². The highest BCUT2D eigenvalue weighted by Crippen LogP contribution is 2.23. The monoisotopic (exact) mass is 436 g/mol. The first-order valence-electron chi connectivity index (χ1n) is 8.06. The van der Waals surface area contributed by atoms with Crippen molar-refractivity contribution in [3.8, 4) is 0 Å². The summed E-state index contributed by atoms with van der Waals surface area (Å²) in [6.07, 6.45) is 5.20. The van der Waals surface area contributed by atoms with Crippen LogP contribution in [0.3, 0.4) is 0 Å². The molecule has 2 N–H and O–H groups in total. The molecular formula is C16H29IN4S. The standard InChI is InChI=1S/C16H28N4S.HI/c1-5-17-16(20-14-8-6-7-11(2)9-14)18-10-15-12(3)19-13(4)21-15;/h11,14H,5-10H2,1-4H3,(H2,17,18,20);1H. The molecule has 0 amide bonds. The van der Waals surface area contributed by atoms with Gasteiger partial charge in [-0.2, -0.15) is 0 Å². The van der Waals surface area contributed by atoms with Crippen molar-refractivity contribution in [1.82, 2.24) is 15.6 Å². The van der Waals surface area contributed by atoms with Gasteiger partial charge < -0.3 is 10.6 Å². The zero-order chi connectivity index (χ0) is 15.2. The lowest BCUT2D eigenvalue weighted by molar-refractivity contribution is 0.324. The summed E-state index contributed by atoms with van der Waals surface area (Å²) >= 11 is 1.75. The van der Waals surface area contributed by atoms with Crippen molar-refractivity contribution >= 4 is 41.3 Å². The molecule has 2 rings (SSSR count). The summed E-state index contributed by atoms with van der Waals surface area (Å²) in [5.74, 6) is 1.77. The topological polar surface area (TPSA) is 49.3 Å². The number of nitrogens with one attached hydrogen (secondary N) is 2. The van der Waals surface area contributed by atoms with Crippen LogP contribution in [-0.4, -0.2) is 23.5 Å². The van der Waals surface area contributed by atoms with Crippen LogP contribution < -0.4 is 10.6 Å². The zero-order valence-electron chi connectivity index (χ0n) is 14.1. The molecule has 6 heteroatoms. The average Bonchev–Trinajstić information content (AvgIpc) is 2.75. The fraction of sp³-hybridized carbons (Fsp3) is 0.750. The van der Waals surface area contributed by atoms with Crippen LogP contribution in [0.25, 0.3) is 0 Å². The van der Waals surface area contributed by atoms with Gasteiger partial charge in [0.25, 0.3) is 0 Å². The summed E-state index contributed by atoms with van der Waals surface area (Å²) in [5, 5.41) is 8.09. The van der Waals surface area contributed by atoms with Crippen molar-refractivity contribution in [2.24, 2.45) is 10.9 Å². The molecule has 1 saturated carbocycles. The number of hydrogen-bond acceptors (Lipinski definition) is 3. The van der Waals surface area contributed by atoms with E-state index in [-0.39, 0.29) is 24.0 Å². The molecule has 0 aliphatic heterocycles. The van der Waals surface area contributed by atoms with E-state index in [1.807, 2.05) is 0 Å². The number of aliphatic imine (C=N–C) groups is 1. The summed E-state index contributed by atoms with van der Waals surface area (Å²) in [6, 6.07) is 0.566. The second kappa shape index (κ2) is 9.70. The van der Waals surface area contributed by atoms with Gasteiger partial charge in [-0.05, 0) is 39.5 Å². The van der Waals surface area contributed by atoms with Gasteiger partial charge in [0.15, 0.2) is 5.96 Å². The Hall–Kier alpha value is -0.370. The van der Waals surface area contributed by atoms with Gasteiger partial charge in [0, 0.05) is 17.5 Å². The number of halogens is 1. The van der Waals surface area contributed by atoms with E-state index in [4.69, 9.17) is 4.99 Å². The summed E-state index contributed by atoms with van der Waals surface area (Å²) in [5.41, 5.74) is 1.11. The maximum Gasteiger partial charge on any atom is 0.191 e. The van der Waals surface area contributed by atoms with Gasteiger partial charge in [0.05, 0.1) is 17.2 Å². The number of rotatable bonds is 4. The Morgan fingerprint density at radius 3 is 2.73 bits per heavy atom. The van der Waals surface area contributed by atoms with Crippen molar-refractivity contribution in [3.05, 3.63) is 15.6 Å². The predicted octanol–water partition coefficient (Wildman–Crippen LogP) is 4.01.